The Bertz CT molecular complexity index is 2000. The van der Waals surface area contributed by atoms with Crippen molar-refractivity contribution in [2.45, 2.75) is 26.1 Å². The summed E-state index contributed by atoms with van der Waals surface area (Å²) >= 11 is 7.25. The monoisotopic (exact) mass is 652 g/mol. The maximum atomic E-state index is 13.2. The first-order chi connectivity index (χ1) is 21.4. The number of nitrogens with one attached hydrogen (secondary N) is 1. The lowest BCUT2D eigenvalue weighted by atomic mass is 10.0. The van der Waals surface area contributed by atoms with Crippen molar-refractivity contribution in [1.29, 1.82) is 5.26 Å². The third-order valence-corrected chi connectivity index (χ3v) is 8.79. The number of benzene rings is 2. The predicted octanol–water partition coefficient (Wildman–Crippen LogP) is 6.68. The number of carboxylic acids is 1. The Labute approximate surface area is 263 Å². The summed E-state index contributed by atoms with van der Waals surface area (Å²) in [7, 11) is 0. The molecule has 1 fully saturated rings. The molecule has 2 N–H and O–H groups in total. The van der Waals surface area contributed by atoms with Gasteiger partial charge in [0.1, 0.15) is 11.2 Å². The highest BCUT2D eigenvalue weighted by Gasteiger charge is 2.31. The third kappa shape index (κ3) is 6.01. The van der Waals surface area contributed by atoms with Crippen molar-refractivity contribution < 1.29 is 23.1 Å². The van der Waals surface area contributed by atoms with Crippen molar-refractivity contribution >= 4 is 66.8 Å². The topological polar surface area (TPSA) is 131 Å². The summed E-state index contributed by atoms with van der Waals surface area (Å²) < 4.78 is 40.2. The average molecular weight is 653 g/mol. The predicted molar refractivity (Wildman–Crippen MR) is 166 cm³/mol. The number of aromatic carboxylic acids is 1. The molecule has 230 valence electrons. The lowest BCUT2D eigenvalue weighted by Gasteiger charge is -2.35. The number of thiazole rings is 1. The van der Waals surface area contributed by atoms with E-state index in [9.17, 15) is 28.3 Å². The summed E-state index contributed by atoms with van der Waals surface area (Å²) in [6, 6.07) is 12.1. The number of carboxylic acid groups (broad SMARTS) is 1. The number of anilines is 3. The number of aryl methyl sites for hydroxylation is 1. The SMILES string of the molecule is Cc1cc([C@@H](C)Nc2ccc(Cl)nc2C(=O)O)c2nc(N3CCN(c4nc5cc(C(F)(F)F)ccc5s4)CC3)c(C#N)nc2c1. The zero-order chi connectivity index (χ0) is 32.0. The van der Waals surface area contributed by atoms with Gasteiger partial charge in [0.15, 0.2) is 22.3 Å². The molecule has 1 aliphatic rings. The van der Waals surface area contributed by atoms with Crippen molar-refractivity contribution in [2.24, 2.45) is 0 Å². The maximum Gasteiger partial charge on any atom is 0.416 e. The first kappa shape index (κ1) is 30.3. The molecule has 1 saturated heterocycles. The van der Waals surface area contributed by atoms with Crippen LogP contribution in [0.1, 0.15) is 45.8 Å². The number of fused-ring (bicyclic) bond motifs is 2. The van der Waals surface area contributed by atoms with Gasteiger partial charge in [-0.05, 0) is 55.8 Å². The van der Waals surface area contributed by atoms with Gasteiger partial charge in [-0.1, -0.05) is 29.0 Å². The van der Waals surface area contributed by atoms with Crippen LogP contribution in [0.2, 0.25) is 5.15 Å². The van der Waals surface area contributed by atoms with Crippen LogP contribution < -0.4 is 15.1 Å². The number of halogens is 4. The number of alkyl halides is 3. The van der Waals surface area contributed by atoms with Crippen LogP contribution in [0.25, 0.3) is 21.3 Å². The van der Waals surface area contributed by atoms with Gasteiger partial charge >= 0.3 is 12.1 Å². The molecule has 15 heteroatoms. The Morgan fingerprint density at radius 1 is 1.04 bits per heavy atom. The summed E-state index contributed by atoms with van der Waals surface area (Å²) in [4.78, 5) is 33.7. The highest BCUT2D eigenvalue weighted by atomic mass is 35.5. The van der Waals surface area contributed by atoms with Crippen molar-refractivity contribution in [3.63, 3.8) is 0 Å². The second-order valence-electron chi connectivity index (χ2n) is 10.6. The fraction of sp³-hybridized carbons (Fsp3) is 0.267. The molecule has 0 amide bonds. The second kappa shape index (κ2) is 11.6. The van der Waals surface area contributed by atoms with Crippen LogP contribution >= 0.6 is 22.9 Å². The van der Waals surface area contributed by atoms with Crippen LogP contribution in [0.15, 0.2) is 42.5 Å². The van der Waals surface area contributed by atoms with E-state index in [4.69, 9.17) is 16.6 Å². The fourth-order valence-electron chi connectivity index (χ4n) is 5.31. The van der Waals surface area contributed by atoms with Crippen molar-refractivity contribution in [2.75, 3.05) is 41.3 Å². The van der Waals surface area contributed by atoms with Crippen LogP contribution in [0.4, 0.5) is 29.8 Å². The lowest BCUT2D eigenvalue weighted by Crippen LogP contribution is -2.47. The van der Waals surface area contributed by atoms with Crippen molar-refractivity contribution in [3.05, 3.63) is 75.7 Å². The normalized spacial score (nSPS) is 14.5. The summed E-state index contributed by atoms with van der Waals surface area (Å²) in [6.07, 6.45) is -4.44. The van der Waals surface area contributed by atoms with Crippen LogP contribution in [0, 0.1) is 18.3 Å². The Hall–Kier alpha value is -4.74. The number of aromatic nitrogens is 4. The summed E-state index contributed by atoms with van der Waals surface area (Å²) in [5, 5.41) is 23.5. The van der Waals surface area contributed by atoms with Crippen LogP contribution in [-0.2, 0) is 6.18 Å². The van der Waals surface area contributed by atoms with Crippen molar-refractivity contribution in [1.82, 2.24) is 19.9 Å². The Morgan fingerprint density at radius 2 is 1.78 bits per heavy atom. The van der Waals surface area contributed by atoms with Gasteiger partial charge in [0, 0.05) is 31.7 Å². The molecule has 0 spiro atoms. The van der Waals surface area contributed by atoms with Gasteiger partial charge in [0.05, 0.1) is 38.5 Å². The van der Waals surface area contributed by atoms with E-state index in [1.54, 1.807) is 6.07 Å². The summed E-state index contributed by atoms with van der Waals surface area (Å²) in [5.74, 6) is -0.807. The molecule has 10 nitrogen and oxygen atoms in total. The molecule has 2 aromatic carbocycles. The molecule has 0 bridgehead atoms. The van der Waals surface area contributed by atoms with E-state index in [-0.39, 0.29) is 22.2 Å². The Balaban J connectivity index is 1.28. The smallest absolute Gasteiger partial charge is 0.416 e. The Morgan fingerprint density at radius 3 is 2.47 bits per heavy atom. The van der Waals surface area contributed by atoms with E-state index >= 15 is 0 Å². The van der Waals surface area contributed by atoms with E-state index in [0.717, 1.165) is 23.3 Å². The number of nitrogens with zero attached hydrogens (tertiary/aromatic N) is 7. The van der Waals surface area contributed by atoms with Crippen LogP contribution in [0.3, 0.4) is 0 Å². The van der Waals surface area contributed by atoms with Gasteiger partial charge in [-0.2, -0.15) is 18.4 Å². The van der Waals surface area contributed by atoms with E-state index in [1.165, 1.54) is 23.5 Å². The maximum absolute atomic E-state index is 13.2. The van der Waals surface area contributed by atoms with E-state index in [1.807, 2.05) is 35.8 Å². The molecular weight excluding hydrogens is 629 g/mol. The van der Waals surface area contributed by atoms with E-state index in [2.05, 4.69) is 26.3 Å². The minimum absolute atomic E-state index is 0.0602. The zero-order valence-electron chi connectivity index (χ0n) is 23.9. The second-order valence-corrected chi connectivity index (χ2v) is 12.0. The molecule has 0 radical (unpaired) electrons. The lowest BCUT2D eigenvalue weighted by molar-refractivity contribution is -0.137. The molecule has 1 atom stereocenters. The zero-order valence-corrected chi connectivity index (χ0v) is 25.4. The van der Waals surface area contributed by atoms with Gasteiger partial charge in [-0.25, -0.2) is 24.7 Å². The van der Waals surface area contributed by atoms with Crippen LogP contribution in [-0.4, -0.2) is 57.2 Å². The van der Waals surface area contributed by atoms with Gasteiger partial charge in [0.2, 0.25) is 0 Å². The molecule has 1 aliphatic heterocycles. The summed E-state index contributed by atoms with van der Waals surface area (Å²) in [6.45, 7) is 5.74. The Kier molecular flexibility index (Phi) is 7.84. The van der Waals surface area contributed by atoms with Gasteiger partial charge in [-0.3, -0.25) is 0 Å². The number of hydrogen-bond donors (Lipinski definition) is 2. The largest absolute Gasteiger partial charge is 0.476 e. The highest BCUT2D eigenvalue weighted by molar-refractivity contribution is 7.22. The number of pyridine rings is 1. The van der Waals surface area contributed by atoms with Gasteiger partial charge in [-0.15, -0.1) is 0 Å². The fourth-order valence-corrected chi connectivity index (χ4v) is 6.46. The minimum atomic E-state index is -4.44. The molecule has 5 aromatic rings. The number of nitriles is 1. The van der Waals surface area contributed by atoms with E-state index in [0.29, 0.717) is 58.4 Å². The van der Waals surface area contributed by atoms with Crippen molar-refractivity contribution in [3.8, 4) is 6.07 Å². The molecule has 6 rings (SSSR count). The van der Waals surface area contributed by atoms with E-state index < -0.39 is 23.8 Å². The molecular formula is C30H24ClF3N8O2S. The quantitative estimate of drug-likeness (QED) is 0.191. The molecule has 3 aromatic heterocycles. The average Bonchev–Trinajstić information content (AvgIpc) is 3.44. The third-order valence-electron chi connectivity index (χ3n) is 7.49. The van der Waals surface area contributed by atoms with Crippen LogP contribution in [0.5, 0.6) is 0 Å². The number of piperazine rings is 1. The molecule has 0 unspecified atom stereocenters. The molecule has 45 heavy (non-hydrogen) atoms. The van der Waals surface area contributed by atoms with Gasteiger partial charge in [0.25, 0.3) is 0 Å². The minimum Gasteiger partial charge on any atom is -0.476 e. The first-order valence-electron chi connectivity index (χ1n) is 13.8. The molecule has 0 saturated carbocycles. The molecule has 4 heterocycles. The van der Waals surface area contributed by atoms with Gasteiger partial charge < -0.3 is 20.2 Å². The number of rotatable bonds is 6. The number of hydrogen-bond acceptors (Lipinski definition) is 10. The summed E-state index contributed by atoms with van der Waals surface area (Å²) in [5.41, 5.74) is 2.53. The standard InChI is InChI=1S/C30H24ClF3N8O2S/c1-15-11-18(16(2)36-19-4-6-24(31)39-26(19)28(43)44)25-21(12-15)37-22(14-35)27(40-25)41-7-9-42(10-8-41)29-38-20-13-17(30(32,33)34)3-5-23(20)45-29/h3-6,11-13,16,36H,7-10H2,1-2H3,(H,43,44)/t16-/m1/s1. The first-order valence-corrected chi connectivity index (χ1v) is 15.0. The number of carbonyl (C=O) groups is 1. The highest BCUT2D eigenvalue weighted by Crippen LogP contribution is 2.36. The molecule has 0 aliphatic carbocycles.